The second-order valence-electron chi connectivity index (χ2n) is 4.04. The zero-order valence-corrected chi connectivity index (χ0v) is 12.0. The molecule has 0 aromatic heterocycles. The third-order valence-corrected chi connectivity index (χ3v) is 10.7. The van der Waals surface area contributed by atoms with Crippen LogP contribution in [0.15, 0.2) is 30.3 Å². The van der Waals surface area contributed by atoms with Gasteiger partial charge in [0.05, 0.1) is 11.5 Å². The number of benzene rings is 1. The summed E-state index contributed by atoms with van der Waals surface area (Å²) < 4.78 is 45.6. The minimum absolute atomic E-state index is 0.133. The van der Waals surface area contributed by atoms with Crippen LogP contribution >= 0.6 is 15.9 Å². The van der Waals surface area contributed by atoms with Crippen LogP contribution in [0.5, 0.6) is 0 Å². The molecule has 1 heterocycles. The van der Waals surface area contributed by atoms with E-state index in [0.29, 0.717) is 0 Å². The molecule has 7 heteroatoms. The van der Waals surface area contributed by atoms with Crippen molar-refractivity contribution < 1.29 is 16.8 Å². The molecule has 0 aliphatic carbocycles. The lowest BCUT2D eigenvalue weighted by atomic mass is 10.0. The van der Waals surface area contributed by atoms with E-state index in [1.165, 1.54) is 0 Å². The van der Waals surface area contributed by atoms with E-state index in [2.05, 4.69) is 15.9 Å². The largest absolute Gasteiger partial charge is 0.227 e. The Hall–Kier alpha value is -0.400. The van der Waals surface area contributed by atoms with Crippen molar-refractivity contribution in [3.63, 3.8) is 0 Å². The van der Waals surface area contributed by atoms with Crippen molar-refractivity contribution in [1.82, 2.24) is 0 Å². The minimum Gasteiger partial charge on any atom is -0.227 e. The molecule has 4 nitrogen and oxygen atoms in total. The Balaban J connectivity index is 2.42. The maximum absolute atomic E-state index is 11.8. The molecule has 0 atom stereocenters. The first-order valence-electron chi connectivity index (χ1n) is 4.95. The molecule has 17 heavy (non-hydrogen) atoms. The van der Waals surface area contributed by atoms with Gasteiger partial charge in [-0.3, -0.25) is 0 Å². The van der Waals surface area contributed by atoms with Gasteiger partial charge in [-0.25, -0.2) is 16.8 Å². The summed E-state index contributed by atoms with van der Waals surface area (Å²) in [5.74, 6) is -0.738. The number of alkyl halides is 1. The van der Waals surface area contributed by atoms with Crippen LogP contribution in [0.1, 0.15) is 11.5 Å². The van der Waals surface area contributed by atoms with Gasteiger partial charge in [0.15, 0.2) is 19.7 Å². The zero-order valence-electron chi connectivity index (χ0n) is 8.78. The summed E-state index contributed by atoms with van der Waals surface area (Å²) in [4.78, 5) is 0. The van der Waals surface area contributed by atoms with E-state index in [9.17, 15) is 16.8 Å². The summed E-state index contributed by atoms with van der Waals surface area (Å²) in [6, 6.07) is 8.86. The summed E-state index contributed by atoms with van der Waals surface area (Å²) in [6.07, 6.45) is 0. The number of hydrogen-bond donors (Lipinski definition) is 0. The molecule has 1 fully saturated rings. The number of hydrogen-bond acceptors (Lipinski definition) is 4. The number of sulfone groups is 2. The predicted octanol–water partition coefficient (Wildman–Crippen LogP) is 1.29. The summed E-state index contributed by atoms with van der Waals surface area (Å²) in [7, 11) is -7.28. The van der Waals surface area contributed by atoms with Crippen LogP contribution < -0.4 is 0 Å². The van der Waals surface area contributed by atoms with E-state index in [-0.39, 0.29) is 11.5 Å². The fourth-order valence-corrected chi connectivity index (χ4v) is 7.27. The van der Waals surface area contributed by atoms with Gasteiger partial charge >= 0.3 is 0 Å². The van der Waals surface area contributed by atoms with Gasteiger partial charge in [0.2, 0.25) is 3.49 Å². The Morgan fingerprint density at radius 1 is 0.941 bits per heavy atom. The third kappa shape index (κ3) is 2.56. The first kappa shape index (κ1) is 13.0. The molecule has 0 saturated carbocycles. The first-order chi connectivity index (χ1) is 7.83. The Kier molecular flexibility index (Phi) is 3.35. The molecule has 1 aromatic rings. The van der Waals surface area contributed by atoms with Crippen LogP contribution in [0.3, 0.4) is 0 Å². The Morgan fingerprint density at radius 3 is 1.88 bits per heavy atom. The van der Waals surface area contributed by atoms with Crippen molar-refractivity contribution in [2.75, 3.05) is 11.5 Å². The molecule has 2 rings (SSSR count). The first-order valence-corrected chi connectivity index (χ1v) is 9.30. The average molecular weight is 339 g/mol. The van der Waals surface area contributed by atoms with Crippen LogP contribution in [0.2, 0.25) is 0 Å². The summed E-state index contributed by atoms with van der Waals surface area (Å²) >= 11 is 2.76. The Bertz CT molecular complexity index is 571. The van der Waals surface area contributed by atoms with E-state index in [1.807, 2.05) is 6.07 Å². The summed E-state index contributed by atoms with van der Waals surface area (Å²) in [6.45, 7) is 0. The van der Waals surface area contributed by atoms with E-state index in [0.717, 1.165) is 5.56 Å². The van der Waals surface area contributed by atoms with E-state index < -0.39 is 29.1 Å². The van der Waals surface area contributed by atoms with Gasteiger partial charge < -0.3 is 0 Å². The molecule has 0 N–H and O–H groups in total. The van der Waals surface area contributed by atoms with E-state index in [1.54, 1.807) is 24.3 Å². The highest BCUT2D eigenvalue weighted by Gasteiger charge is 2.44. The van der Waals surface area contributed by atoms with Gasteiger partial charge in [0, 0.05) is 5.92 Å². The molecule has 0 spiro atoms. The van der Waals surface area contributed by atoms with Crippen molar-refractivity contribution in [3.05, 3.63) is 35.9 Å². The molecule has 0 unspecified atom stereocenters. The summed E-state index contributed by atoms with van der Waals surface area (Å²) in [5.41, 5.74) is 0.749. The fraction of sp³-hybridized carbons (Fsp3) is 0.400. The topological polar surface area (TPSA) is 68.3 Å². The van der Waals surface area contributed by atoms with Gasteiger partial charge in [0.1, 0.15) is 0 Å². The van der Waals surface area contributed by atoms with Crippen LogP contribution in [-0.4, -0.2) is 31.8 Å². The van der Waals surface area contributed by atoms with Crippen LogP contribution in [-0.2, 0) is 19.7 Å². The zero-order chi connectivity index (χ0) is 12.7. The molecule has 0 amide bonds. The molecule has 1 aromatic carbocycles. The minimum atomic E-state index is -3.64. The van der Waals surface area contributed by atoms with Crippen LogP contribution in [0.4, 0.5) is 0 Å². The van der Waals surface area contributed by atoms with Crippen molar-refractivity contribution >= 4 is 35.6 Å². The Labute approximate surface area is 109 Å². The lowest BCUT2D eigenvalue weighted by Crippen LogP contribution is -2.39. The smallest absolute Gasteiger partial charge is 0.216 e. The predicted molar refractivity (Wildman–Crippen MR) is 69.5 cm³/mol. The highest BCUT2D eigenvalue weighted by Crippen LogP contribution is 2.32. The van der Waals surface area contributed by atoms with Crippen LogP contribution in [0.25, 0.3) is 0 Å². The van der Waals surface area contributed by atoms with Crippen molar-refractivity contribution in [1.29, 1.82) is 0 Å². The number of halogens is 1. The van der Waals surface area contributed by atoms with E-state index in [4.69, 9.17) is 0 Å². The molecule has 94 valence electrons. The molecule has 1 aliphatic rings. The van der Waals surface area contributed by atoms with Crippen LogP contribution in [0, 0.1) is 0 Å². The number of rotatable bonds is 1. The lowest BCUT2D eigenvalue weighted by Gasteiger charge is -2.25. The monoisotopic (exact) mass is 338 g/mol. The van der Waals surface area contributed by atoms with Gasteiger partial charge in [-0.05, 0) is 5.56 Å². The molecule has 0 bridgehead atoms. The fourth-order valence-electron chi connectivity index (χ4n) is 1.90. The quantitative estimate of drug-likeness (QED) is 0.723. The van der Waals surface area contributed by atoms with Crippen molar-refractivity contribution in [2.24, 2.45) is 0 Å². The third-order valence-electron chi connectivity index (χ3n) is 2.70. The maximum atomic E-state index is 11.8. The second-order valence-corrected chi connectivity index (χ2v) is 10.7. The van der Waals surface area contributed by atoms with Gasteiger partial charge in [-0.2, -0.15) is 0 Å². The standard InChI is InChI=1S/C10H11BrO4S2/c11-10-16(12,13)6-9(7-17(10,14)15)8-4-2-1-3-5-8/h1-5,9-10H,6-7H2. The molecule has 0 radical (unpaired) electrons. The van der Waals surface area contributed by atoms with E-state index >= 15 is 0 Å². The summed E-state index contributed by atoms with van der Waals surface area (Å²) in [5, 5.41) is 0. The maximum Gasteiger partial charge on any atom is 0.216 e. The van der Waals surface area contributed by atoms with Gasteiger partial charge in [0.25, 0.3) is 0 Å². The molecular formula is C10H11BrO4S2. The van der Waals surface area contributed by atoms with Gasteiger partial charge in [-0.1, -0.05) is 46.3 Å². The van der Waals surface area contributed by atoms with Crippen molar-refractivity contribution in [2.45, 2.75) is 9.41 Å². The second kappa shape index (κ2) is 4.37. The highest BCUT2D eigenvalue weighted by atomic mass is 79.9. The molecule has 1 aliphatic heterocycles. The Morgan fingerprint density at radius 2 is 1.41 bits per heavy atom. The van der Waals surface area contributed by atoms with Gasteiger partial charge in [-0.15, -0.1) is 0 Å². The lowest BCUT2D eigenvalue weighted by molar-refractivity contribution is 0.570. The van der Waals surface area contributed by atoms with Crippen molar-refractivity contribution in [3.8, 4) is 0 Å². The normalized spacial score (nSPS) is 30.9. The molecule has 1 saturated heterocycles. The average Bonchev–Trinajstić information content (AvgIpc) is 2.26. The molecular weight excluding hydrogens is 328 g/mol. The highest BCUT2D eigenvalue weighted by molar-refractivity contribution is 9.13. The SMILES string of the molecule is O=S1(=O)CC(c2ccccc2)CS(=O)(=O)C1Br.